The fourth-order valence-corrected chi connectivity index (χ4v) is 4.10. The molecule has 170 valence electrons. The van der Waals surface area contributed by atoms with Crippen LogP contribution in [0.1, 0.15) is 33.5 Å². The number of nitrogens with zero attached hydrogens (tertiary/aromatic N) is 1. The molecule has 3 aromatic rings. The zero-order valence-electron chi connectivity index (χ0n) is 19.2. The smallest absolute Gasteiger partial charge is 0.251 e. The summed E-state index contributed by atoms with van der Waals surface area (Å²) in [6, 6.07) is 23.7. The van der Waals surface area contributed by atoms with Crippen LogP contribution >= 0.6 is 0 Å². The molecule has 1 amide bonds. The number of carbonyl (C=O) groups excluding carboxylic acids is 1. The van der Waals surface area contributed by atoms with E-state index in [0.29, 0.717) is 12.1 Å². The molecule has 0 saturated heterocycles. The molecule has 0 unspecified atom stereocenters. The van der Waals surface area contributed by atoms with Crippen LogP contribution in [0.2, 0.25) is 0 Å². The summed E-state index contributed by atoms with van der Waals surface area (Å²) in [7, 11) is 3.36. The highest BCUT2D eigenvalue weighted by Gasteiger charge is 2.16. The topological polar surface area (TPSA) is 50.8 Å². The minimum atomic E-state index is -0.0533. The molecule has 0 spiro atoms. The molecule has 33 heavy (non-hydrogen) atoms. The lowest BCUT2D eigenvalue weighted by atomic mass is 9.97. The number of carbonyl (C=O) groups is 1. The molecular formula is C28H30N2O3. The summed E-state index contributed by atoms with van der Waals surface area (Å²) in [5.74, 6) is 1.60. The van der Waals surface area contributed by atoms with Crippen molar-refractivity contribution >= 4 is 11.5 Å². The first-order valence-corrected chi connectivity index (χ1v) is 11.2. The number of methoxy groups -OCH3 is 2. The number of nitrogens with one attached hydrogen (secondary N) is 1. The van der Waals surface area contributed by atoms with E-state index in [-0.39, 0.29) is 5.91 Å². The van der Waals surface area contributed by atoms with E-state index in [2.05, 4.69) is 46.6 Å². The van der Waals surface area contributed by atoms with Gasteiger partial charge in [0.05, 0.1) is 14.2 Å². The van der Waals surface area contributed by atoms with Gasteiger partial charge in [0, 0.05) is 43.4 Å². The van der Waals surface area contributed by atoms with Gasteiger partial charge in [0.1, 0.15) is 11.5 Å². The first kappa shape index (κ1) is 22.6. The summed E-state index contributed by atoms with van der Waals surface area (Å²) in [5.41, 5.74) is 5.51. The molecule has 0 aromatic heterocycles. The second kappa shape index (κ2) is 10.8. The second-order valence-electron chi connectivity index (χ2n) is 8.14. The SMILES string of the molecule is COc1ccc(CN2CC=C(c3cccc(CNC(=O)c4ccccc4)c3)CC2)c(OC)c1. The van der Waals surface area contributed by atoms with Gasteiger partial charge in [-0.05, 0) is 47.4 Å². The van der Waals surface area contributed by atoms with Crippen LogP contribution in [-0.4, -0.2) is 38.1 Å². The highest BCUT2D eigenvalue weighted by atomic mass is 16.5. The van der Waals surface area contributed by atoms with E-state index in [1.165, 1.54) is 11.1 Å². The Labute approximate surface area is 195 Å². The number of rotatable bonds is 8. The fraction of sp³-hybridized carbons (Fsp3) is 0.250. The Morgan fingerprint density at radius 1 is 0.970 bits per heavy atom. The van der Waals surface area contributed by atoms with E-state index in [1.807, 2.05) is 42.5 Å². The average molecular weight is 443 g/mol. The van der Waals surface area contributed by atoms with Gasteiger partial charge in [-0.25, -0.2) is 0 Å². The van der Waals surface area contributed by atoms with Gasteiger partial charge >= 0.3 is 0 Å². The Morgan fingerprint density at radius 3 is 2.55 bits per heavy atom. The van der Waals surface area contributed by atoms with Gasteiger partial charge in [-0.1, -0.05) is 48.5 Å². The standard InChI is InChI=1S/C28H30N2O3/c1-32-26-12-11-25(27(18-26)33-2)20-30-15-13-22(14-16-30)24-10-6-7-21(17-24)19-29-28(31)23-8-4-3-5-9-23/h3-13,17-18H,14-16,19-20H2,1-2H3,(H,29,31). The minimum Gasteiger partial charge on any atom is -0.497 e. The van der Waals surface area contributed by atoms with Crippen LogP contribution in [0.15, 0.2) is 78.9 Å². The summed E-state index contributed by atoms with van der Waals surface area (Å²) >= 11 is 0. The molecule has 5 nitrogen and oxygen atoms in total. The molecule has 1 aliphatic heterocycles. The van der Waals surface area contributed by atoms with Crippen molar-refractivity contribution in [3.8, 4) is 11.5 Å². The predicted octanol–water partition coefficient (Wildman–Crippen LogP) is 4.92. The number of ether oxygens (including phenoxy) is 2. The normalized spacial score (nSPS) is 13.8. The monoisotopic (exact) mass is 442 g/mol. The van der Waals surface area contributed by atoms with Crippen LogP contribution in [0.4, 0.5) is 0 Å². The van der Waals surface area contributed by atoms with Gasteiger partial charge in [-0.3, -0.25) is 9.69 Å². The van der Waals surface area contributed by atoms with Crippen molar-refractivity contribution < 1.29 is 14.3 Å². The summed E-state index contributed by atoms with van der Waals surface area (Å²) in [4.78, 5) is 14.7. The number of hydrogen-bond acceptors (Lipinski definition) is 4. The van der Waals surface area contributed by atoms with Crippen molar-refractivity contribution in [1.82, 2.24) is 10.2 Å². The Hall–Kier alpha value is -3.57. The van der Waals surface area contributed by atoms with E-state index in [9.17, 15) is 4.79 Å². The molecule has 0 bridgehead atoms. The molecule has 4 rings (SSSR count). The van der Waals surface area contributed by atoms with Crippen LogP contribution < -0.4 is 14.8 Å². The number of amides is 1. The Morgan fingerprint density at radius 2 is 1.82 bits per heavy atom. The van der Waals surface area contributed by atoms with Crippen molar-refractivity contribution in [2.24, 2.45) is 0 Å². The summed E-state index contributed by atoms with van der Waals surface area (Å²) in [5, 5.41) is 3.01. The summed E-state index contributed by atoms with van der Waals surface area (Å²) in [6.07, 6.45) is 3.29. The lowest BCUT2D eigenvalue weighted by Crippen LogP contribution is -2.28. The van der Waals surface area contributed by atoms with Crippen LogP contribution in [0, 0.1) is 0 Å². The first-order chi connectivity index (χ1) is 16.2. The van der Waals surface area contributed by atoms with Crippen molar-refractivity contribution in [3.05, 3.63) is 101 Å². The Kier molecular flexibility index (Phi) is 7.43. The fourth-order valence-electron chi connectivity index (χ4n) is 4.10. The number of benzene rings is 3. The molecule has 1 heterocycles. The average Bonchev–Trinajstić information content (AvgIpc) is 2.88. The van der Waals surface area contributed by atoms with Crippen molar-refractivity contribution in [2.45, 2.75) is 19.5 Å². The molecule has 0 atom stereocenters. The highest BCUT2D eigenvalue weighted by molar-refractivity contribution is 5.94. The van der Waals surface area contributed by atoms with Gasteiger partial charge in [0.25, 0.3) is 5.91 Å². The van der Waals surface area contributed by atoms with Gasteiger partial charge in [0.15, 0.2) is 0 Å². The van der Waals surface area contributed by atoms with E-state index in [0.717, 1.165) is 48.7 Å². The zero-order valence-corrected chi connectivity index (χ0v) is 19.2. The summed E-state index contributed by atoms with van der Waals surface area (Å²) < 4.78 is 10.8. The maximum absolute atomic E-state index is 12.3. The quantitative estimate of drug-likeness (QED) is 0.538. The Balaban J connectivity index is 1.36. The molecule has 1 N–H and O–H groups in total. The maximum Gasteiger partial charge on any atom is 0.251 e. The van der Waals surface area contributed by atoms with E-state index in [4.69, 9.17) is 9.47 Å². The van der Waals surface area contributed by atoms with Crippen LogP contribution in [0.5, 0.6) is 11.5 Å². The molecule has 0 saturated carbocycles. The number of hydrogen-bond donors (Lipinski definition) is 1. The maximum atomic E-state index is 12.3. The molecule has 0 aliphatic carbocycles. The molecule has 1 aliphatic rings. The minimum absolute atomic E-state index is 0.0533. The van der Waals surface area contributed by atoms with Gasteiger partial charge in [-0.15, -0.1) is 0 Å². The third kappa shape index (κ3) is 5.82. The van der Waals surface area contributed by atoms with Crippen LogP contribution in [0.3, 0.4) is 0 Å². The second-order valence-corrected chi connectivity index (χ2v) is 8.14. The van der Waals surface area contributed by atoms with Crippen molar-refractivity contribution in [2.75, 3.05) is 27.3 Å². The van der Waals surface area contributed by atoms with E-state index >= 15 is 0 Å². The molecule has 0 radical (unpaired) electrons. The van der Waals surface area contributed by atoms with Crippen LogP contribution in [0.25, 0.3) is 5.57 Å². The highest BCUT2D eigenvalue weighted by Crippen LogP contribution is 2.28. The zero-order chi connectivity index (χ0) is 23.0. The van der Waals surface area contributed by atoms with Gasteiger partial charge < -0.3 is 14.8 Å². The molecule has 0 fully saturated rings. The first-order valence-electron chi connectivity index (χ1n) is 11.2. The summed E-state index contributed by atoms with van der Waals surface area (Å²) in [6.45, 7) is 3.22. The van der Waals surface area contributed by atoms with Crippen molar-refractivity contribution in [1.29, 1.82) is 0 Å². The lowest BCUT2D eigenvalue weighted by Gasteiger charge is -2.27. The third-order valence-electron chi connectivity index (χ3n) is 5.97. The largest absolute Gasteiger partial charge is 0.497 e. The van der Waals surface area contributed by atoms with E-state index < -0.39 is 0 Å². The Bertz CT molecular complexity index is 1120. The molecular weight excluding hydrogens is 412 g/mol. The van der Waals surface area contributed by atoms with Crippen molar-refractivity contribution in [3.63, 3.8) is 0 Å². The molecule has 3 aromatic carbocycles. The molecule has 5 heteroatoms. The van der Waals surface area contributed by atoms with Gasteiger partial charge in [-0.2, -0.15) is 0 Å². The third-order valence-corrected chi connectivity index (χ3v) is 5.97. The van der Waals surface area contributed by atoms with E-state index in [1.54, 1.807) is 14.2 Å². The lowest BCUT2D eigenvalue weighted by molar-refractivity contribution is 0.0951. The van der Waals surface area contributed by atoms with Gasteiger partial charge in [0.2, 0.25) is 0 Å². The van der Waals surface area contributed by atoms with Crippen LogP contribution in [-0.2, 0) is 13.1 Å². The predicted molar refractivity (Wildman–Crippen MR) is 131 cm³/mol.